The third-order valence-corrected chi connectivity index (χ3v) is 1.19. The van der Waals surface area contributed by atoms with Gasteiger partial charge in [0.1, 0.15) is 5.67 Å². The van der Waals surface area contributed by atoms with Gasteiger partial charge in [-0.1, -0.05) is 0 Å². The lowest BCUT2D eigenvalue weighted by Crippen LogP contribution is -2.23. The molecule has 3 heteroatoms. The van der Waals surface area contributed by atoms with Crippen molar-refractivity contribution < 1.29 is 9.50 Å². The molecule has 0 aliphatic rings. The van der Waals surface area contributed by atoms with E-state index in [2.05, 4.69) is 12.6 Å². The third kappa shape index (κ3) is 3.27. The van der Waals surface area contributed by atoms with Crippen molar-refractivity contribution in [2.24, 2.45) is 0 Å². The van der Waals surface area contributed by atoms with Crippen LogP contribution in [0, 0.1) is 0 Å². The molecular formula is C5H11FOS. The largest absolute Gasteiger partial charge is 0.393 e. The third-order valence-electron chi connectivity index (χ3n) is 0.963. The molecule has 0 aliphatic carbocycles. The highest BCUT2D eigenvalue weighted by molar-refractivity contribution is 7.80. The van der Waals surface area contributed by atoms with Gasteiger partial charge < -0.3 is 5.11 Å². The summed E-state index contributed by atoms with van der Waals surface area (Å²) in [5, 5.41) is 8.32. The van der Waals surface area contributed by atoms with Crippen molar-refractivity contribution in [2.75, 3.05) is 12.4 Å². The number of aliphatic hydroxyl groups excluding tert-OH is 1. The molecule has 1 nitrogen and oxygen atoms in total. The molecule has 0 aromatic rings. The first-order valence-corrected chi connectivity index (χ1v) is 3.16. The molecule has 0 heterocycles. The van der Waals surface area contributed by atoms with E-state index in [-0.39, 0.29) is 0 Å². The molecule has 0 bridgehead atoms. The van der Waals surface area contributed by atoms with Crippen molar-refractivity contribution in [3.8, 4) is 0 Å². The second-order valence-electron chi connectivity index (χ2n) is 2.05. The maximum atomic E-state index is 12.5. The Bertz CT molecular complexity index is 65.4. The first kappa shape index (κ1) is 8.24. The molecule has 1 N–H and O–H groups in total. The molecule has 0 aliphatic heterocycles. The van der Waals surface area contributed by atoms with Gasteiger partial charge >= 0.3 is 0 Å². The first-order valence-electron chi connectivity index (χ1n) is 2.53. The molecule has 1 unspecified atom stereocenters. The van der Waals surface area contributed by atoms with Crippen LogP contribution >= 0.6 is 12.6 Å². The topological polar surface area (TPSA) is 20.2 Å². The van der Waals surface area contributed by atoms with Crippen molar-refractivity contribution in [1.29, 1.82) is 0 Å². The highest BCUT2D eigenvalue weighted by Gasteiger charge is 2.19. The monoisotopic (exact) mass is 138 g/mol. The van der Waals surface area contributed by atoms with Gasteiger partial charge in [0, 0.05) is 0 Å². The summed E-state index contributed by atoms with van der Waals surface area (Å²) < 4.78 is 12.5. The van der Waals surface area contributed by atoms with Crippen LogP contribution < -0.4 is 0 Å². The average Bonchev–Trinajstić information content (AvgIpc) is 1.67. The van der Waals surface area contributed by atoms with E-state index in [1.807, 2.05) is 0 Å². The van der Waals surface area contributed by atoms with Crippen molar-refractivity contribution in [3.05, 3.63) is 0 Å². The summed E-state index contributed by atoms with van der Waals surface area (Å²) in [6.07, 6.45) is 0.312. The van der Waals surface area contributed by atoms with Crippen LogP contribution in [0.4, 0.5) is 4.39 Å². The SMILES string of the molecule is CC(F)(CO)CCS. The van der Waals surface area contributed by atoms with E-state index in [4.69, 9.17) is 5.11 Å². The Morgan fingerprint density at radius 2 is 2.25 bits per heavy atom. The quantitative estimate of drug-likeness (QED) is 0.558. The fourth-order valence-electron chi connectivity index (χ4n) is 0.312. The van der Waals surface area contributed by atoms with Crippen molar-refractivity contribution in [2.45, 2.75) is 19.0 Å². The Hall–Kier alpha value is 0.240. The number of rotatable bonds is 3. The molecule has 0 amide bonds. The number of thiol groups is 1. The summed E-state index contributed by atoms with van der Waals surface area (Å²) in [5.74, 6) is 0.480. The van der Waals surface area contributed by atoms with Gasteiger partial charge in [0.05, 0.1) is 6.61 Å². The van der Waals surface area contributed by atoms with E-state index in [9.17, 15) is 4.39 Å². The molecule has 8 heavy (non-hydrogen) atoms. The van der Waals surface area contributed by atoms with E-state index in [1.54, 1.807) is 0 Å². The second kappa shape index (κ2) is 3.30. The van der Waals surface area contributed by atoms with Crippen LogP contribution in [-0.4, -0.2) is 23.1 Å². The van der Waals surface area contributed by atoms with E-state index in [0.29, 0.717) is 12.2 Å². The minimum absolute atomic E-state index is 0.312. The highest BCUT2D eigenvalue weighted by Crippen LogP contribution is 2.13. The standard InChI is InChI=1S/C5H11FOS/c1-5(6,4-7)2-3-8/h7-8H,2-4H2,1H3. The molecule has 0 aromatic carbocycles. The maximum absolute atomic E-state index is 12.5. The van der Waals surface area contributed by atoms with Gasteiger partial charge in [0.25, 0.3) is 0 Å². The minimum atomic E-state index is -1.43. The smallest absolute Gasteiger partial charge is 0.131 e. The van der Waals surface area contributed by atoms with E-state index in [1.165, 1.54) is 6.92 Å². The molecule has 0 radical (unpaired) electrons. The molecule has 50 valence electrons. The lowest BCUT2D eigenvalue weighted by molar-refractivity contribution is 0.0858. The first-order chi connectivity index (χ1) is 3.62. The summed E-state index contributed by atoms with van der Waals surface area (Å²) in [6, 6.07) is 0. The van der Waals surface area contributed by atoms with Crippen molar-refractivity contribution >= 4 is 12.6 Å². The lowest BCUT2D eigenvalue weighted by atomic mass is 10.1. The predicted octanol–water partition coefficient (Wildman–Crippen LogP) is 1.03. The van der Waals surface area contributed by atoms with E-state index < -0.39 is 12.3 Å². The number of halogens is 1. The molecule has 0 saturated carbocycles. The minimum Gasteiger partial charge on any atom is -0.393 e. The van der Waals surface area contributed by atoms with Crippen LogP contribution in [0.5, 0.6) is 0 Å². The van der Waals surface area contributed by atoms with E-state index in [0.717, 1.165) is 0 Å². The van der Waals surface area contributed by atoms with Crippen LogP contribution in [0.25, 0.3) is 0 Å². The molecular weight excluding hydrogens is 127 g/mol. The summed E-state index contributed by atoms with van der Waals surface area (Å²) in [7, 11) is 0. The Morgan fingerprint density at radius 1 is 1.75 bits per heavy atom. The number of alkyl halides is 1. The summed E-state index contributed by atoms with van der Waals surface area (Å²) >= 11 is 3.82. The molecule has 0 saturated heterocycles. The molecule has 0 spiro atoms. The molecule has 0 fully saturated rings. The average molecular weight is 138 g/mol. The van der Waals surface area contributed by atoms with Gasteiger partial charge in [0.15, 0.2) is 0 Å². The van der Waals surface area contributed by atoms with Crippen LogP contribution in [-0.2, 0) is 0 Å². The maximum Gasteiger partial charge on any atom is 0.131 e. The zero-order chi connectivity index (χ0) is 6.62. The Morgan fingerprint density at radius 3 is 2.38 bits per heavy atom. The van der Waals surface area contributed by atoms with Gasteiger partial charge in [0.2, 0.25) is 0 Å². The fraction of sp³-hybridized carbons (Fsp3) is 1.00. The Balaban J connectivity index is 3.37. The van der Waals surface area contributed by atoms with Gasteiger partial charge in [-0.05, 0) is 19.1 Å². The van der Waals surface area contributed by atoms with Gasteiger partial charge in [-0.15, -0.1) is 0 Å². The Kier molecular flexibility index (Phi) is 3.40. The molecule has 1 atom stereocenters. The molecule has 0 rings (SSSR count). The predicted molar refractivity (Wildman–Crippen MR) is 35.1 cm³/mol. The normalized spacial score (nSPS) is 18.0. The highest BCUT2D eigenvalue weighted by atomic mass is 32.1. The van der Waals surface area contributed by atoms with Crippen LogP contribution in [0.15, 0.2) is 0 Å². The summed E-state index contributed by atoms with van der Waals surface area (Å²) in [4.78, 5) is 0. The van der Waals surface area contributed by atoms with E-state index >= 15 is 0 Å². The number of hydrogen-bond donors (Lipinski definition) is 2. The second-order valence-corrected chi connectivity index (χ2v) is 2.49. The zero-order valence-electron chi connectivity index (χ0n) is 4.89. The Labute approximate surface area is 54.3 Å². The fourth-order valence-corrected chi connectivity index (χ4v) is 0.778. The van der Waals surface area contributed by atoms with Gasteiger partial charge in [-0.3, -0.25) is 0 Å². The van der Waals surface area contributed by atoms with Crippen molar-refractivity contribution in [1.82, 2.24) is 0 Å². The lowest BCUT2D eigenvalue weighted by Gasteiger charge is -2.14. The van der Waals surface area contributed by atoms with Crippen LogP contribution in [0.1, 0.15) is 13.3 Å². The number of aliphatic hydroxyl groups is 1. The van der Waals surface area contributed by atoms with Crippen molar-refractivity contribution in [3.63, 3.8) is 0 Å². The summed E-state index contributed by atoms with van der Waals surface area (Å²) in [6.45, 7) is 0.955. The molecule has 0 aromatic heterocycles. The van der Waals surface area contributed by atoms with Crippen LogP contribution in [0.3, 0.4) is 0 Å². The van der Waals surface area contributed by atoms with Gasteiger partial charge in [-0.25, -0.2) is 4.39 Å². The number of hydrogen-bond acceptors (Lipinski definition) is 2. The summed E-state index contributed by atoms with van der Waals surface area (Å²) in [5.41, 5.74) is -1.43. The zero-order valence-corrected chi connectivity index (χ0v) is 5.79. The van der Waals surface area contributed by atoms with Gasteiger partial charge in [-0.2, -0.15) is 12.6 Å². The van der Waals surface area contributed by atoms with Crippen LogP contribution in [0.2, 0.25) is 0 Å².